The molecular formula is C23H20Cl2N4O4. The van der Waals surface area contributed by atoms with E-state index in [1.807, 2.05) is 0 Å². The summed E-state index contributed by atoms with van der Waals surface area (Å²) in [5.41, 5.74) is 5.52. The molecule has 2 aromatic carbocycles. The van der Waals surface area contributed by atoms with Crippen molar-refractivity contribution in [2.24, 2.45) is 17.6 Å². The molecule has 8 nitrogen and oxygen atoms in total. The normalized spacial score (nSPS) is 27.8. The number of fused-ring (bicyclic) bond motifs is 4. The summed E-state index contributed by atoms with van der Waals surface area (Å²) in [6.45, 7) is -0.00696. The molecule has 1 spiro atoms. The van der Waals surface area contributed by atoms with Gasteiger partial charge in [0.25, 0.3) is 0 Å². The number of anilines is 1. The fourth-order valence-corrected chi connectivity index (χ4v) is 5.70. The lowest BCUT2D eigenvalue weighted by Gasteiger charge is -2.29. The molecule has 4 amide bonds. The van der Waals surface area contributed by atoms with Crippen LogP contribution in [0.15, 0.2) is 42.5 Å². The van der Waals surface area contributed by atoms with Crippen LogP contribution in [0.2, 0.25) is 10.0 Å². The predicted octanol–water partition coefficient (Wildman–Crippen LogP) is 2.18. The number of primary amides is 1. The standard InChI is InChI=1S/C23H20Cl2N4O4/c24-12-5-6-15-13(9-12)23(22(33)27-15)19-18(16(28-23)7-8-17(26)30)20(31)29(21(19)32)10-11-3-1-2-4-14(11)25/h1-6,9,16,18-19,28H,7-8,10H2,(H2,26,30)(H,27,33). The molecule has 2 aromatic rings. The number of nitrogens with one attached hydrogen (secondary N) is 2. The maximum atomic E-state index is 13.7. The Morgan fingerprint density at radius 1 is 1.09 bits per heavy atom. The molecule has 10 heteroatoms. The second-order valence-corrected chi connectivity index (χ2v) is 9.41. The van der Waals surface area contributed by atoms with Crippen LogP contribution in [0.4, 0.5) is 5.69 Å². The zero-order valence-corrected chi connectivity index (χ0v) is 18.8. The van der Waals surface area contributed by atoms with Gasteiger partial charge in [0.05, 0.1) is 18.4 Å². The van der Waals surface area contributed by atoms with Crippen LogP contribution in [-0.4, -0.2) is 34.6 Å². The minimum atomic E-state index is -1.48. The highest BCUT2D eigenvalue weighted by molar-refractivity contribution is 6.31. The number of benzene rings is 2. The van der Waals surface area contributed by atoms with E-state index in [1.165, 1.54) is 0 Å². The van der Waals surface area contributed by atoms with Crippen LogP contribution in [0.1, 0.15) is 24.0 Å². The topological polar surface area (TPSA) is 122 Å². The minimum Gasteiger partial charge on any atom is -0.370 e. The summed E-state index contributed by atoms with van der Waals surface area (Å²) in [6, 6.07) is 11.3. The molecule has 4 N–H and O–H groups in total. The van der Waals surface area contributed by atoms with Crippen LogP contribution >= 0.6 is 23.2 Å². The SMILES string of the molecule is NC(=O)CCC1NC2(C(=O)Nc3ccc(Cl)cc32)C2C(=O)N(Cc3ccccc3Cl)C(=O)C12. The quantitative estimate of drug-likeness (QED) is 0.559. The van der Waals surface area contributed by atoms with Gasteiger partial charge in [0.1, 0.15) is 5.54 Å². The molecule has 170 valence electrons. The summed E-state index contributed by atoms with van der Waals surface area (Å²) in [5.74, 6) is -3.68. The lowest BCUT2D eigenvalue weighted by molar-refractivity contribution is -0.143. The summed E-state index contributed by atoms with van der Waals surface area (Å²) in [6.07, 6.45) is 0.216. The molecule has 33 heavy (non-hydrogen) atoms. The second kappa shape index (κ2) is 7.83. The van der Waals surface area contributed by atoms with E-state index in [-0.39, 0.29) is 19.4 Å². The van der Waals surface area contributed by atoms with Crippen LogP contribution < -0.4 is 16.4 Å². The summed E-state index contributed by atoms with van der Waals surface area (Å²) in [7, 11) is 0. The van der Waals surface area contributed by atoms with E-state index in [0.29, 0.717) is 26.9 Å². The van der Waals surface area contributed by atoms with Crippen molar-refractivity contribution >= 4 is 52.5 Å². The molecule has 4 atom stereocenters. The Morgan fingerprint density at radius 3 is 2.58 bits per heavy atom. The van der Waals surface area contributed by atoms with Crippen LogP contribution in [0.25, 0.3) is 0 Å². The van der Waals surface area contributed by atoms with Gasteiger partial charge in [0.2, 0.25) is 23.6 Å². The average molecular weight is 487 g/mol. The molecule has 3 aliphatic rings. The zero-order chi connectivity index (χ0) is 23.5. The molecule has 2 fully saturated rings. The van der Waals surface area contributed by atoms with Crippen molar-refractivity contribution in [3.63, 3.8) is 0 Å². The number of likely N-dealkylation sites (tertiary alicyclic amines) is 1. The second-order valence-electron chi connectivity index (χ2n) is 8.57. The Bertz CT molecular complexity index is 1220. The molecule has 3 heterocycles. The van der Waals surface area contributed by atoms with Crippen LogP contribution in [0.5, 0.6) is 0 Å². The van der Waals surface area contributed by atoms with Crippen molar-refractivity contribution in [1.82, 2.24) is 10.2 Å². The first kappa shape index (κ1) is 21.9. The number of nitrogens with zero attached hydrogens (tertiary/aromatic N) is 1. The molecule has 4 unspecified atom stereocenters. The summed E-state index contributed by atoms with van der Waals surface area (Å²) < 4.78 is 0. The van der Waals surface area contributed by atoms with E-state index >= 15 is 0 Å². The Kier molecular flexibility index (Phi) is 5.19. The van der Waals surface area contributed by atoms with Gasteiger partial charge in [-0.3, -0.25) is 29.4 Å². The third-order valence-electron chi connectivity index (χ3n) is 6.76. The number of imide groups is 1. The number of amides is 4. The lowest BCUT2D eigenvalue weighted by Crippen LogP contribution is -2.53. The number of carbonyl (C=O) groups is 4. The first-order valence-corrected chi connectivity index (χ1v) is 11.3. The van der Waals surface area contributed by atoms with Crippen LogP contribution in [0, 0.1) is 11.8 Å². The first-order chi connectivity index (χ1) is 15.7. The largest absolute Gasteiger partial charge is 0.370 e. The van der Waals surface area contributed by atoms with Crippen molar-refractivity contribution in [3.8, 4) is 0 Å². The van der Waals surface area contributed by atoms with Gasteiger partial charge >= 0.3 is 0 Å². The third-order valence-corrected chi connectivity index (χ3v) is 7.36. The Hall–Kier alpha value is -2.94. The fourth-order valence-electron chi connectivity index (χ4n) is 5.33. The molecule has 0 radical (unpaired) electrons. The van der Waals surface area contributed by atoms with Gasteiger partial charge in [-0.15, -0.1) is 0 Å². The fraction of sp³-hybridized carbons (Fsp3) is 0.304. The molecule has 3 aliphatic heterocycles. The van der Waals surface area contributed by atoms with E-state index in [1.54, 1.807) is 42.5 Å². The third kappa shape index (κ3) is 3.24. The van der Waals surface area contributed by atoms with Crippen molar-refractivity contribution in [2.45, 2.75) is 31.0 Å². The lowest BCUT2D eigenvalue weighted by atomic mass is 9.76. The predicted molar refractivity (Wildman–Crippen MR) is 121 cm³/mol. The Balaban J connectivity index is 1.60. The van der Waals surface area contributed by atoms with Gasteiger partial charge in [0.15, 0.2) is 0 Å². The van der Waals surface area contributed by atoms with E-state index in [2.05, 4.69) is 10.6 Å². The molecule has 0 bridgehead atoms. The van der Waals surface area contributed by atoms with Gasteiger partial charge in [-0.1, -0.05) is 41.4 Å². The van der Waals surface area contributed by atoms with Gasteiger partial charge in [0, 0.05) is 33.8 Å². The molecule has 0 saturated carbocycles. The van der Waals surface area contributed by atoms with E-state index in [9.17, 15) is 19.2 Å². The number of nitrogens with two attached hydrogens (primary N) is 1. The smallest absolute Gasteiger partial charge is 0.250 e. The number of carbonyl (C=O) groups excluding carboxylic acids is 4. The highest BCUT2D eigenvalue weighted by Gasteiger charge is 2.70. The van der Waals surface area contributed by atoms with Gasteiger partial charge in [-0.2, -0.15) is 0 Å². The maximum absolute atomic E-state index is 13.7. The summed E-state index contributed by atoms with van der Waals surface area (Å²) in [5, 5.41) is 6.88. The first-order valence-electron chi connectivity index (χ1n) is 10.5. The maximum Gasteiger partial charge on any atom is 0.250 e. The van der Waals surface area contributed by atoms with E-state index in [0.717, 1.165) is 4.90 Å². The van der Waals surface area contributed by atoms with Crippen LogP contribution in [0.3, 0.4) is 0 Å². The molecule has 5 rings (SSSR count). The number of halogens is 2. The Labute approximate surface area is 199 Å². The van der Waals surface area contributed by atoms with Gasteiger partial charge in [-0.25, -0.2) is 0 Å². The number of rotatable bonds is 5. The van der Waals surface area contributed by atoms with E-state index in [4.69, 9.17) is 28.9 Å². The molecule has 2 saturated heterocycles. The van der Waals surface area contributed by atoms with Gasteiger partial charge < -0.3 is 11.1 Å². The van der Waals surface area contributed by atoms with E-state index < -0.39 is 47.0 Å². The Morgan fingerprint density at radius 2 is 1.85 bits per heavy atom. The van der Waals surface area contributed by atoms with Crippen molar-refractivity contribution in [3.05, 3.63) is 63.6 Å². The molecule has 0 aromatic heterocycles. The number of hydrogen-bond acceptors (Lipinski definition) is 5. The van der Waals surface area contributed by atoms with Crippen molar-refractivity contribution in [2.75, 3.05) is 5.32 Å². The van der Waals surface area contributed by atoms with Gasteiger partial charge in [-0.05, 0) is 36.2 Å². The van der Waals surface area contributed by atoms with Crippen molar-refractivity contribution < 1.29 is 19.2 Å². The minimum absolute atomic E-state index is 0.00692. The molecule has 0 aliphatic carbocycles. The van der Waals surface area contributed by atoms with Crippen LogP contribution in [-0.2, 0) is 31.3 Å². The highest BCUT2D eigenvalue weighted by Crippen LogP contribution is 2.54. The van der Waals surface area contributed by atoms with Crippen molar-refractivity contribution in [1.29, 1.82) is 0 Å². The monoisotopic (exact) mass is 486 g/mol. The zero-order valence-electron chi connectivity index (χ0n) is 17.3. The summed E-state index contributed by atoms with van der Waals surface area (Å²) >= 11 is 12.5. The average Bonchev–Trinajstić information content (AvgIpc) is 3.34. The summed E-state index contributed by atoms with van der Waals surface area (Å²) in [4.78, 5) is 53.2. The molecular weight excluding hydrogens is 467 g/mol. The number of hydrogen-bond donors (Lipinski definition) is 3. The highest BCUT2D eigenvalue weighted by atomic mass is 35.5.